The van der Waals surface area contributed by atoms with Crippen molar-refractivity contribution in [2.45, 2.75) is 95.6 Å². The molecule has 2 bridgehead atoms. The van der Waals surface area contributed by atoms with Crippen molar-refractivity contribution in [3.63, 3.8) is 0 Å². The zero-order valence-electron chi connectivity index (χ0n) is 28.3. The number of aromatic nitrogens is 1. The summed E-state index contributed by atoms with van der Waals surface area (Å²) in [5, 5.41) is 10.6. The maximum Gasteiger partial charge on any atom is 0.355 e. The molecule has 0 saturated carbocycles. The van der Waals surface area contributed by atoms with Crippen LogP contribution < -0.4 is 0 Å². The highest BCUT2D eigenvalue weighted by atomic mass is 35.5. The zero-order valence-corrected chi connectivity index (χ0v) is 29.0. The minimum atomic E-state index is -0.919. The number of hydrogen-bond donors (Lipinski definition) is 2. The van der Waals surface area contributed by atoms with Gasteiger partial charge >= 0.3 is 17.9 Å². The first kappa shape index (κ1) is 35.9. The summed E-state index contributed by atoms with van der Waals surface area (Å²) in [5.41, 5.74) is 1.51. The molecule has 11 heteroatoms. The summed E-state index contributed by atoms with van der Waals surface area (Å²) >= 11 is 5.97. The van der Waals surface area contributed by atoms with Crippen LogP contribution in [0.3, 0.4) is 0 Å². The highest BCUT2D eigenvalue weighted by Gasteiger charge is 2.57. The molecule has 3 heterocycles. The molecular weight excluding hydrogens is 638 g/mol. The van der Waals surface area contributed by atoms with Gasteiger partial charge in [0.2, 0.25) is 0 Å². The number of methoxy groups -OCH3 is 1. The summed E-state index contributed by atoms with van der Waals surface area (Å²) in [6, 6.07) is 10.3. The zero-order chi connectivity index (χ0) is 34.7. The Kier molecular flexibility index (Phi) is 11.2. The minimum absolute atomic E-state index is 0.127. The van der Waals surface area contributed by atoms with E-state index in [9.17, 15) is 19.5 Å². The van der Waals surface area contributed by atoms with Crippen LogP contribution in [0.4, 0.5) is 0 Å². The van der Waals surface area contributed by atoms with Gasteiger partial charge in [-0.25, -0.2) is 14.4 Å². The van der Waals surface area contributed by atoms with E-state index in [4.69, 9.17) is 35.3 Å². The summed E-state index contributed by atoms with van der Waals surface area (Å²) in [4.78, 5) is 42.8. The molecule has 5 rings (SSSR count). The standard InChI is InChI=1S/C37H46ClNO9/c1-20-15-21(2)37-18-27(33(48-37)32(22(3)23(4)40)47-35(42)29-11-8-14-39-29)12-13-28(37)17-30(44-6)36(43)46-31(20)24(5)45-34(41)26-10-7-9-25(16-26)19-38/h7-16,20,22-24,27-28,30-33,39-40H,17-19H2,1-6H3/b21-15+/t20-,22-,23+,24-,27-,28?,30+,31+,32-,33-,37+/m1/s1. The van der Waals surface area contributed by atoms with Crippen molar-refractivity contribution in [1.29, 1.82) is 0 Å². The topological polar surface area (TPSA) is 133 Å². The minimum Gasteiger partial charge on any atom is -0.456 e. The average Bonchev–Trinajstić information content (AvgIpc) is 3.72. The number of nitrogens with one attached hydrogen (secondary N) is 1. The fourth-order valence-electron chi connectivity index (χ4n) is 7.29. The van der Waals surface area contributed by atoms with Gasteiger partial charge in [0, 0.05) is 42.9 Å². The number of carbonyl (C=O) groups excluding carboxylic acids is 3. The lowest BCUT2D eigenvalue weighted by Crippen LogP contribution is -2.48. The molecule has 1 unspecified atom stereocenters. The second kappa shape index (κ2) is 15.0. The van der Waals surface area contributed by atoms with E-state index >= 15 is 0 Å². The van der Waals surface area contributed by atoms with Crippen molar-refractivity contribution < 1.29 is 43.2 Å². The van der Waals surface area contributed by atoms with E-state index in [-0.39, 0.29) is 30.1 Å². The molecule has 1 fully saturated rings. The largest absolute Gasteiger partial charge is 0.456 e. The van der Waals surface area contributed by atoms with Gasteiger partial charge in [-0.3, -0.25) is 0 Å². The molecular formula is C37H46ClNO9. The fourth-order valence-corrected chi connectivity index (χ4v) is 7.45. The molecule has 2 aliphatic heterocycles. The van der Waals surface area contributed by atoms with Gasteiger partial charge in [-0.05, 0) is 69.0 Å². The number of esters is 3. The molecule has 48 heavy (non-hydrogen) atoms. The third-order valence-corrected chi connectivity index (χ3v) is 10.5. The quantitative estimate of drug-likeness (QED) is 0.138. The summed E-state index contributed by atoms with van der Waals surface area (Å²) in [7, 11) is 1.47. The molecule has 2 N–H and O–H groups in total. The van der Waals surface area contributed by atoms with E-state index in [0.29, 0.717) is 17.7 Å². The van der Waals surface area contributed by atoms with E-state index in [0.717, 1.165) is 11.1 Å². The van der Waals surface area contributed by atoms with Crippen molar-refractivity contribution in [2.24, 2.45) is 23.7 Å². The summed E-state index contributed by atoms with van der Waals surface area (Å²) < 4.78 is 30.7. The number of halogens is 1. The number of ether oxygens (including phenoxy) is 5. The van der Waals surface area contributed by atoms with Gasteiger partial charge < -0.3 is 33.8 Å². The number of rotatable bonds is 10. The Labute approximate surface area is 286 Å². The lowest BCUT2D eigenvalue weighted by molar-refractivity contribution is -0.172. The summed E-state index contributed by atoms with van der Waals surface area (Å²) in [6.07, 6.45) is 4.00. The smallest absolute Gasteiger partial charge is 0.355 e. The van der Waals surface area contributed by atoms with Crippen molar-refractivity contribution in [3.05, 3.63) is 83.2 Å². The molecule has 1 aromatic heterocycles. The van der Waals surface area contributed by atoms with Crippen LogP contribution in [0.5, 0.6) is 0 Å². The number of aromatic amines is 1. The Morgan fingerprint density at radius 2 is 1.88 bits per heavy atom. The van der Waals surface area contributed by atoms with E-state index in [1.807, 2.05) is 32.9 Å². The molecule has 10 nitrogen and oxygen atoms in total. The van der Waals surface area contributed by atoms with Crippen LogP contribution in [0.15, 0.2) is 66.4 Å². The van der Waals surface area contributed by atoms with Crippen LogP contribution in [0, 0.1) is 23.7 Å². The first-order valence-electron chi connectivity index (χ1n) is 16.5. The number of benzene rings is 1. The van der Waals surface area contributed by atoms with Gasteiger partial charge in [0.25, 0.3) is 0 Å². The van der Waals surface area contributed by atoms with Gasteiger partial charge in [-0.2, -0.15) is 0 Å². The van der Waals surface area contributed by atoms with Crippen LogP contribution >= 0.6 is 11.6 Å². The third kappa shape index (κ3) is 7.27. The molecule has 3 aliphatic rings. The molecule has 1 aliphatic carbocycles. The van der Waals surface area contributed by atoms with Gasteiger partial charge in [0.15, 0.2) is 6.10 Å². The van der Waals surface area contributed by atoms with Crippen molar-refractivity contribution >= 4 is 29.5 Å². The predicted octanol–water partition coefficient (Wildman–Crippen LogP) is 5.78. The number of aliphatic hydroxyl groups excluding tert-OH is 1. The van der Waals surface area contributed by atoms with Crippen LogP contribution in [0.25, 0.3) is 0 Å². The number of carbonyl (C=O) groups is 3. The first-order chi connectivity index (χ1) is 22.9. The van der Waals surface area contributed by atoms with Gasteiger partial charge in [0.05, 0.1) is 17.3 Å². The molecule has 1 saturated heterocycles. The summed E-state index contributed by atoms with van der Waals surface area (Å²) in [5.74, 6) is -2.60. The van der Waals surface area contributed by atoms with Crippen LogP contribution in [-0.2, 0) is 34.4 Å². The van der Waals surface area contributed by atoms with E-state index in [1.54, 1.807) is 50.4 Å². The van der Waals surface area contributed by atoms with E-state index in [1.165, 1.54) is 7.11 Å². The molecule has 260 valence electrons. The molecule has 2 aromatic rings. The number of aliphatic hydroxyl groups is 1. The van der Waals surface area contributed by atoms with E-state index in [2.05, 4.69) is 17.1 Å². The number of fused-ring (bicyclic) bond motifs is 1. The molecule has 1 aromatic carbocycles. The highest BCUT2D eigenvalue weighted by molar-refractivity contribution is 6.17. The van der Waals surface area contributed by atoms with Crippen LogP contribution in [0.2, 0.25) is 0 Å². The van der Waals surface area contributed by atoms with Crippen LogP contribution in [-0.4, -0.2) is 77.3 Å². The molecule has 0 amide bonds. The lowest BCUT2D eigenvalue weighted by Gasteiger charge is -2.41. The maximum atomic E-state index is 13.6. The monoisotopic (exact) mass is 683 g/mol. The second-order valence-electron chi connectivity index (χ2n) is 13.4. The summed E-state index contributed by atoms with van der Waals surface area (Å²) in [6.45, 7) is 9.13. The molecule has 1 spiro atoms. The van der Waals surface area contributed by atoms with Crippen molar-refractivity contribution in [1.82, 2.24) is 4.98 Å². The van der Waals surface area contributed by atoms with E-state index < -0.39 is 66.1 Å². The van der Waals surface area contributed by atoms with Gasteiger partial charge in [0.1, 0.15) is 30.1 Å². The first-order valence-corrected chi connectivity index (χ1v) is 17.1. The Hall–Kier alpha value is -3.44. The number of H-pyrrole nitrogens is 1. The number of cyclic esters (lactones) is 1. The van der Waals surface area contributed by atoms with Crippen molar-refractivity contribution in [3.8, 4) is 0 Å². The Bertz CT molecular complexity index is 1520. The van der Waals surface area contributed by atoms with Crippen molar-refractivity contribution in [2.75, 3.05) is 7.11 Å². The Balaban J connectivity index is 1.46. The van der Waals surface area contributed by atoms with Gasteiger partial charge in [-0.1, -0.05) is 44.2 Å². The Morgan fingerprint density at radius 1 is 1.10 bits per heavy atom. The lowest BCUT2D eigenvalue weighted by atomic mass is 9.69. The second-order valence-corrected chi connectivity index (χ2v) is 13.7. The molecule has 11 atom stereocenters. The predicted molar refractivity (Wildman–Crippen MR) is 178 cm³/mol. The third-order valence-electron chi connectivity index (χ3n) is 10.2. The fraction of sp³-hybridized carbons (Fsp3) is 0.541. The van der Waals surface area contributed by atoms with Gasteiger partial charge in [-0.15, -0.1) is 11.6 Å². The molecule has 0 radical (unpaired) electrons. The average molecular weight is 684 g/mol. The number of hydrogen-bond acceptors (Lipinski definition) is 9. The number of alkyl halides is 1. The normalized spacial score (nSPS) is 32.1. The van der Waals surface area contributed by atoms with Crippen LogP contribution in [0.1, 0.15) is 73.9 Å². The Morgan fingerprint density at radius 3 is 2.54 bits per heavy atom. The maximum absolute atomic E-state index is 13.6. The SMILES string of the molecule is CO[C@H]1CC2C=C[C@@H]3C[C@]2(O[C@H]3[C@H](OC(=O)c2ccc[nH]2)[C@H](C)[C@H](C)O)/C(C)=C/[C@@H](C)[C@@H]([C@@H](C)OC(=O)c2cccc(CCl)c2)OC1=O. The highest BCUT2D eigenvalue weighted by Crippen LogP contribution is 2.53.